The molecule has 0 fully saturated rings. The van der Waals surface area contributed by atoms with Crippen LogP contribution in [0.25, 0.3) is 10.9 Å². The van der Waals surface area contributed by atoms with Crippen molar-refractivity contribution in [3.63, 3.8) is 0 Å². The van der Waals surface area contributed by atoms with E-state index in [1.54, 1.807) is 6.33 Å². The summed E-state index contributed by atoms with van der Waals surface area (Å²) in [6.07, 6.45) is -1.87. The molecule has 38 heavy (non-hydrogen) atoms. The smallest absolute Gasteiger partial charge is 0.312 e. The molecule has 0 saturated heterocycles. The van der Waals surface area contributed by atoms with E-state index >= 15 is 0 Å². The molecule has 2 aromatic heterocycles. The van der Waals surface area contributed by atoms with Crippen LogP contribution in [-0.4, -0.2) is 31.2 Å². The minimum atomic E-state index is -4.35. The number of aryl methyl sites for hydroxylation is 1. The van der Waals surface area contributed by atoms with Gasteiger partial charge in [-0.2, -0.15) is 13.2 Å². The summed E-state index contributed by atoms with van der Waals surface area (Å²) in [6, 6.07) is 25.9. The average Bonchev–Trinajstić information content (AvgIpc) is 3.34. The lowest BCUT2D eigenvalue weighted by Gasteiger charge is -2.22. The number of pyridine rings is 1. The Bertz CT molecular complexity index is 1490. The van der Waals surface area contributed by atoms with Crippen molar-refractivity contribution in [2.75, 3.05) is 6.54 Å². The van der Waals surface area contributed by atoms with Gasteiger partial charge in [0.15, 0.2) is 0 Å². The summed E-state index contributed by atoms with van der Waals surface area (Å²) in [4.78, 5) is 7.13. The Morgan fingerprint density at radius 3 is 2.32 bits per heavy atom. The monoisotopic (exact) mass is 515 g/mol. The van der Waals surface area contributed by atoms with E-state index < -0.39 is 11.7 Å². The first-order chi connectivity index (χ1) is 18.3. The van der Waals surface area contributed by atoms with Crippen LogP contribution in [0.1, 0.15) is 33.8 Å². The molecule has 0 saturated carbocycles. The molecular formula is C30H28F3N5. The number of hydrogen-bond donors (Lipinski definition) is 0. The first-order valence-corrected chi connectivity index (χ1v) is 12.5. The van der Waals surface area contributed by atoms with Crippen molar-refractivity contribution in [3.05, 3.63) is 125 Å². The van der Waals surface area contributed by atoms with Gasteiger partial charge in [0.05, 0.1) is 29.9 Å². The van der Waals surface area contributed by atoms with Crippen molar-refractivity contribution in [2.45, 2.75) is 39.2 Å². The maximum atomic E-state index is 12.9. The van der Waals surface area contributed by atoms with Crippen molar-refractivity contribution >= 4 is 10.9 Å². The van der Waals surface area contributed by atoms with E-state index in [1.807, 2.05) is 34.9 Å². The van der Waals surface area contributed by atoms with E-state index in [2.05, 4.69) is 52.4 Å². The fourth-order valence-electron chi connectivity index (χ4n) is 4.41. The number of hydrogen-bond acceptors (Lipinski definition) is 4. The van der Waals surface area contributed by atoms with Crippen LogP contribution in [0.3, 0.4) is 0 Å². The van der Waals surface area contributed by atoms with Crippen LogP contribution in [0.2, 0.25) is 0 Å². The summed E-state index contributed by atoms with van der Waals surface area (Å²) in [5, 5.41) is 9.53. The van der Waals surface area contributed by atoms with Crippen LogP contribution < -0.4 is 0 Å². The Morgan fingerprint density at radius 2 is 1.55 bits per heavy atom. The van der Waals surface area contributed by atoms with E-state index in [-0.39, 0.29) is 0 Å². The Kier molecular flexibility index (Phi) is 7.51. The normalized spacial score (nSPS) is 11.9. The Morgan fingerprint density at radius 1 is 0.816 bits per heavy atom. The van der Waals surface area contributed by atoms with Gasteiger partial charge in [-0.1, -0.05) is 66.2 Å². The van der Waals surface area contributed by atoms with Crippen molar-refractivity contribution in [2.24, 2.45) is 0 Å². The number of halogens is 3. The molecule has 5 rings (SSSR count). The molecule has 0 N–H and O–H groups in total. The lowest BCUT2D eigenvalue weighted by atomic mass is 10.1. The zero-order valence-electron chi connectivity index (χ0n) is 21.1. The highest BCUT2D eigenvalue weighted by molar-refractivity contribution is 5.78. The second kappa shape index (κ2) is 11.1. The summed E-state index contributed by atoms with van der Waals surface area (Å²) in [7, 11) is 0. The fraction of sp³-hybridized carbons (Fsp3) is 0.233. The van der Waals surface area contributed by atoms with Gasteiger partial charge in [0.1, 0.15) is 12.2 Å². The molecule has 0 aliphatic carbocycles. The molecule has 0 atom stereocenters. The molecule has 3 aromatic carbocycles. The number of benzene rings is 3. The molecule has 5 aromatic rings. The number of para-hydroxylation sites is 1. The molecule has 5 nitrogen and oxygen atoms in total. The molecule has 0 spiro atoms. The maximum Gasteiger partial charge on any atom is 0.416 e. The van der Waals surface area contributed by atoms with E-state index in [0.29, 0.717) is 19.6 Å². The predicted molar refractivity (Wildman–Crippen MR) is 141 cm³/mol. The van der Waals surface area contributed by atoms with E-state index in [4.69, 9.17) is 4.98 Å². The van der Waals surface area contributed by atoms with Gasteiger partial charge in [0.2, 0.25) is 0 Å². The van der Waals surface area contributed by atoms with E-state index in [0.717, 1.165) is 53.1 Å². The third kappa shape index (κ3) is 6.44. The predicted octanol–water partition coefficient (Wildman–Crippen LogP) is 6.45. The third-order valence-corrected chi connectivity index (χ3v) is 6.57. The van der Waals surface area contributed by atoms with Crippen LogP contribution in [0.15, 0.2) is 91.3 Å². The van der Waals surface area contributed by atoms with Gasteiger partial charge in [-0.05, 0) is 48.7 Å². The van der Waals surface area contributed by atoms with Crippen LogP contribution in [0, 0.1) is 6.92 Å². The highest BCUT2D eigenvalue weighted by atomic mass is 19.4. The van der Waals surface area contributed by atoms with Gasteiger partial charge in [0.25, 0.3) is 0 Å². The summed E-state index contributed by atoms with van der Waals surface area (Å²) in [5.74, 6) is 0.745. The molecule has 0 amide bonds. The molecule has 0 unspecified atom stereocenters. The minimum Gasteiger partial charge on any atom is -0.312 e. The molecule has 0 bridgehead atoms. The zero-order chi connectivity index (χ0) is 26.5. The largest absolute Gasteiger partial charge is 0.416 e. The lowest BCUT2D eigenvalue weighted by Crippen LogP contribution is -2.27. The Balaban J connectivity index is 1.34. The van der Waals surface area contributed by atoms with E-state index in [9.17, 15) is 13.2 Å². The molecule has 0 radical (unpaired) electrons. The van der Waals surface area contributed by atoms with Crippen molar-refractivity contribution in [1.29, 1.82) is 0 Å². The zero-order valence-corrected chi connectivity index (χ0v) is 21.1. The second-order valence-corrected chi connectivity index (χ2v) is 9.51. The second-order valence-electron chi connectivity index (χ2n) is 9.51. The minimum absolute atomic E-state index is 0.389. The quantitative estimate of drug-likeness (QED) is 0.226. The number of fused-ring (bicyclic) bond motifs is 1. The molecule has 0 aliphatic heterocycles. The van der Waals surface area contributed by atoms with Crippen molar-refractivity contribution in [3.8, 4) is 0 Å². The summed E-state index contributed by atoms with van der Waals surface area (Å²) < 4.78 is 40.7. The van der Waals surface area contributed by atoms with Crippen molar-refractivity contribution < 1.29 is 13.2 Å². The first kappa shape index (κ1) is 25.6. The number of alkyl halides is 3. The van der Waals surface area contributed by atoms with E-state index in [1.165, 1.54) is 23.3 Å². The number of aromatic nitrogens is 4. The topological polar surface area (TPSA) is 46.8 Å². The standard InChI is InChI=1S/C30H28F3N5/c1-22-6-8-23(9-7-22)16-17-37(19-27-15-12-25-4-2-3-5-28(25)35-27)20-29-36-34-21-38(29)18-24-10-13-26(14-11-24)30(31,32)33/h2-15,21H,16-20H2,1H3. The highest BCUT2D eigenvalue weighted by Gasteiger charge is 2.30. The fourth-order valence-corrected chi connectivity index (χ4v) is 4.41. The first-order valence-electron chi connectivity index (χ1n) is 12.5. The van der Waals surface area contributed by atoms with Crippen LogP contribution >= 0.6 is 0 Å². The van der Waals surface area contributed by atoms with Gasteiger partial charge < -0.3 is 4.57 Å². The average molecular weight is 516 g/mol. The van der Waals surface area contributed by atoms with Crippen LogP contribution in [0.5, 0.6) is 0 Å². The summed E-state index contributed by atoms with van der Waals surface area (Å²) in [6.45, 7) is 4.40. The highest BCUT2D eigenvalue weighted by Crippen LogP contribution is 2.29. The molecule has 0 aliphatic rings. The van der Waals surface area contributed by atoms with Gasteiger partial charge in [-0.25, -0.2) is 0 Å². The number of nitrogens with zero attached hydrogens (tertiary/aromatic N) is 5. The van der Waals surface area contributed by atoms with Gasteiger partial charge >= 0.3 is 6.18 Å². The molecule has 2 heterocycles. The van der Waals surface area contributed by atoms with Gasteiger partial charge in [0, 0.05) is 18.5 Å². The SMILES string of the molecule is Cc1ccc(CCN(Cc2ccc3ccccc3n2)Cc2nncn2Cc2ccc(C(F)(F)F)cc2)cc1. The maximum absolute atomic E-state index is 12.9. The van der Waals surface area contributed by atoms with Crippen LogP contribution in [-0.2, 0) is 32.2 Å². The molecule has 194 valence electrons. The summed E-state index contributed by atoms with van der Waals surface area (Å²) >= 11 is 0. The van der Waals surface area contributed by atoms with Gasteiger partial charge in [-0.3, -0.25) is 9.88 Å². The Labute approximate surface area is 219 Å². The Hall–Kier alpha value is -4.04. The number of rotatable bonds is 9. The lowest BCUT2D eigenvalue weighted by molar-refractivity contribution is -0.137. The van der Waals surface area contributed by atoms with Crippen molar-refractivity contribution in [1.82, 2.24) is 24.6 Å². The third-order valence-electron chi connectivity index (χ3n) is 6.57. The molecular weight excluding hydrogens is 487 g/mol. The summed E-state index contributed by atoms with van der Waals surface area (Å²) in [5.41, 5.74) is 4.48. The molecule has 8 heteroatoms. The van der Waals surface area contributed by atoms with Gasteiger partial charge in [-0.15, -0.1) is 10.2 Å². The van der Waals surface area contributed by atoms with Crippen LogP contribution in [0.4, 0.5) is 13.2 Å².